The zero-order chi connectivity index (χ0) is 30.9. The molecule has 0 radical (unpaired) electrons. The molecule has 1 atom stereocenters. The van der Waals surface area contributed by atoms with Gasteiger partial charge in [-0.25, -0.2) is 4.79 Å². The van der Waals surface area contributed by atoms with Gasteiger partial charge in [0.05, 0.1) is 22.9 Å². The normalized spacial score (nSPS) is 13.8. The molecule has 43 heavy (non-hydrogen) atoms. The summed E-state index contributed by atoms with van der Waals surface area (Å²) in [5.74, 6) is -0.927. The van der Waals surface area contributed by atoms with Gasteiger partial charge in [0.15, 0.2) is 6.10 Å². The lowest BCUT2D eigenvalue weighted by molar-refractivity contribution is -0.189. The molecule has 0 unspecified atom stereocenters. The molecule has 0 spiro atoms. The van der Waals surface area contributed by atoms with Crippen LogP contribution in [0.3, 0.4) is 0 Å². The van der Waals surface area contributed by atoms with Crippen molar-refractivity contribution in [3.8, 4) is 11.4 Å². The Labute approximate surface area is 257 Å². The number of imidazole rings is 1. The van der Waals surface area contributed by atoms with E-state index < -0.39 is 23.9 Å². The van der Waals surface area contributed by atoms with Crippen LogP contribution in [0.15, 0.2) is 82.1 Å². The van der Waals surface area contributed by atoms with Crippen molar-refractivity contribution in [1.82, 2.24) is 19.4 Å². The van der Waals surface area contributed by atoms with Gasteiger partial charge >= 0.3 is 11.9 Å². The van der Waals surface area contributed by atoms with Gasteiger partial charge in [-0.05, 0) is 70.9 Å². The van der Waals surface area contributed by atoms with Gasteiger partial charge in [0.2, 0.25) is 0 Å². The molecule has 0 saturated heterocycles. The number of aromatic nitrogens is 2. The highest BCUT2D eigenvalue weighted by Crippen LogP contribution is 2.28. The standard InChI is InChI=1S/C30H25BrClF3N4O4/c1-18(30(33,34)35)43-22-10-8-21(9-11-22)39-26(27(40)36-16-19-5-3-2-4-6-19)25-17-37(13-14-38(25)29(39)42)28(41)20-7-12-23(31)24(32)15-20/h2-12,15,18H,13-14,16-17H2,1H3,(H,36,40)/t18-/m1/s1. The molecule has 0 saturated carbocycles. The molecule has 8 nitrogen and oxygen atoms in total. The Morgan fingerprint density at radius 1 is 1.05 bits per heavy atom. The SMILES string of the molecule is C[C@@H](Oc1ccc(-n2c(C(=O)NCc3ccccc3)c3n(c2=O)CCN(C(=O)c2ccc(Br)c(Cl)c2)C3)cc1)C(F)(F)F. The molecular formula is C30H25BrClF3N4O4. The molecule has 13 heteroatoms. The van der Waals surface area contributed by atoms with Crippen LogP contribution in [-0.2, 0) is 19.6 Å². The molecule has 1 N–H and O–H groups in total. The average Bonchev–Trinajstić information content (AvgIpc) is 3.28. The fraction of sp³-hybridized carbons (Fsp3) is 0.233. The van der Waals surface area contributed by atoms with Crippen molar-refractivity contribution in [1.29, 1.82) is 0 Å². The molecule has 224 valence electrons. The third-order valence-corrected chi connectivity index (χ3v) is 8.25. The van der Waals surface area contributed by atoms with E-state index in [1.807, 2.05) is 30.3 Å². The Morgan fingerprint density at radius 3 is 2.40 bits per heavy atom. The maximum Gasteiger partial charge on any atom is 0.425 e. The molecule has 0 bridgehead atoms. The average molecular weight is 678 g/mol. The largest absolute Gasteiger partial charge is 0.481 e. The van der Waals surface area contributed by atoms with Crippen LogP contribution in [0.25, 0.3) is 5.69 Å². The predicted molar refractivity (Wildman–Crippen MR) is 158 cm³/mol. The molecule has 4 aromatic rings. The maximum absolute atomic E-state index is 13.7. The third kappa shape index (κ3) is 6.50. The summed E-state index contributed by atoms with van der Waals surface area (Å²) in [6.45, 7) is 1.37. The molecule has 0 aliphatic carbocycles. The molecular weight excluding hydrogens is 653 g/mol. The van der Waals surface area contributed by atoms with Crippen molar-refractivity contribution < 1.29 is 27.5 Å². The van der Waals surface area contributed by atoms with Gasteiger partial charge in [0.1, 0.15) is 11.4 Å². The number of ether oxygens (including phenoxy) is 1. The minimum Gasteiger partial charge on any atom is -0.481 e. The summed E-state index contributed by atoms with van der Waals surface area (Å²) in [7, 11) is 0. The van der Waals surface area contributed by atoms with Gasteiger partial charge in [0.25, 0.3) is 11.8 Å². The van der Waals surface area contributed by atoms with Crippen LogP contribution in [0.5, 0.6) is 5.75 Å². The molecule has 1 aliphatic rings. The Hall–Kier alpha value is -4.03. The van der Waals surface area contributed by atoms with Crippen molar-refractivity contribution >= 4 is 39.3 Å². The molecule has 0 fully saturated rings. The quantitative estimate of drug-likeness (QED) is 0.261. The van der Waals surface area contributed by atoms with Crippen LogP contribution in [0.4, 0.5) is 13.2 Å². The molecule has 1 aromatic heterocycles. The lowest BCUT2D eigenvalue weighted by Gasteiger charge is -2.28. The third-order valence-electron chi connectivity index (χ3n) is 7.01. The number of hydrogen-bond donors (Lipinski definition) is 1. The minimum atomic E-state index is -4.55. The van der Waals surface area contributed by atoms with Crippen LogP contribution in [0, 0.1) is 0 Å². The number of rotatable bonds is 7. The van der Waals surface area contributed by atoms with E-state index in [0.29, 0.717) is 20.8 Å². The highest BCUT2D eigenvalue weighted by Gasteiger charge is 2.38. The summed E-state index contributed by atoms with van der Waals surface area (Å²) < 4.78 is 47.2. The highest BCUT2D eigenvalue weighted by molar-refractivity contribution is 9.10. The van der Waals surface area contributed by atoms with E-state index in [-0.39, 0.29) is 49.2 Å². The van der Waals surface area contributed by atoms with Crippen LogP contribution < -0.4 is 15.7 Å². The zero-order valence-corrected chi connectivity index (χ0v) is 25.0. The van der Waals surface area contributed by atoms with E-state index >= 15 is 0 Å². The Morgan fingerprint density at radius 2 is 1.74 bits per heavy atom. The number of benzene rings is 3. The zero-order valence-electron chi connectivity index (χ0n) is 22.7. The number of carbonyl (C=O) groups is 2. The van der Waals surface area contributed by atoms with Gasteiger partial charge < -0.3 is 15.0 Å². The molecule has 5 rings (SSSR count). The second kappa shape index (κ2) is 12.3. The summed E-state index contributed by atoms with van der Waals surface area (Å²) in [6.07, 6.45) is -6.59. The molecule has 2 heterocycles. The lowest BCUT2D eigenvalue weighted by atomic mass is 10.1. The smallest absolute Gasteiger partial charge is 0.425 e. The first-order valence-corrected chi connectivity index (χ1v) is 14.4. The van der Waals surface area contributed by atoms with Crippen LogP contribution in [0.2, 0.25) is 5.02 Å². The van der Waals surface area contributed by atoms with Crippen molar-refractivity contribution in [2.75, 3.05) is 6.54 Å². The van der Waals surface area contributed by atoms with Gasteiger partial charge in [-0.15, -0.1) is 0 Å². The van der Waals surface area contributed by atoms with E-state index in [0.717, 1.165) is 12.5 Å². The molecule has 3 aromatic carbocycles. The Bertz CT molecular complexity index is 1720. The van der Waals surface area contributed by atoms with E-state index in [1.165, 1.54) is 44.4 Å². The van der Waals surface area contributed by atoms with Crippen molar-refractivity contribution in [2.45, 2.75) is 38.8 Å². The van der Waals surface area contributed by atoms with E-state index in [4.69, 9.17) is 16.3 Å². The van der Waals surface area contributed by atoms with Crippen molar-refractivity contribution in [2.24, 2.45) is 0 Å². The lowest BCUT2D eigenvalue weighted by Crippen LogP contribution is -2.41. The fourth-order valence-electron chi connectivity index (χ4n) is 4.72. The van der Waals surface area contributed by atoms with Crippen LogP contribution in [0.1, 0.15) is 39.0 Å². The highest BCUT2D eigenvalue weighted by atomic mass is 79.9. The summed E-state index contributed by atoms with van der Waals surface area (Å²) in [4.78, 5) is 42.3. The maximum atomic E-state index is 13.7. The van der Waals surface area contributed by atoms with Gasteiger partial charge in [0, 0.05) is 29.7 Å². The number of alkyl halides is 3. The number of amides is 2. The number of fused-ring (bicyclic) bond motifs is 1. The van der Waals surface area contributed by atoms with Gasteiger partial charge in [-0.3, -0.25) is 18.7 Å². The van der Waals surface area contributed by atoms with E-state index in [1.54, 1.807) is 12.1 Å². The topological polar surface area (TPSA) is 85.6 Å². The number of hydrogen-bond acceptors (Lipinski definition) is 4. The Kier molecular flexibility index (Phi) is 8.70. The minimum absolute atomic E-state index is 0.0181. The van der Waals surface area contributed by atoms with Crippen molar-refractivity contribution in [3.05, 3.63) is 115 Å². The van der Waals surface area contributed by atoms with Crippen LogP contribution in [-0.4, -0.2) is 44.7 Å². The number of carbonyl (C=O) groups excluding carboxylic acids is 2. The van der Waals surface area contributed by atoms with Crippen LogP contribution >= 0.6 is 27.5 Å². The summed E-state index contributed by atoms with van der Waals surface area (Å²) >= 11 is 9.51. The summed E-state index contributed by atoms with van der Waals surface area (Å²) in [5.41, 5.74) is 1.26. The first kappa shape index (κ1) is 30.4. The second-order valence-electron chi connectivity index (χ2n) is 9.88. The number of nitrogens with one attached hydrogen (secondary N) is 1. The predicted octanol–water partition coefficient (Wildman–Crippen LogP) is 5.97. The Balaban J connectivity index is 1.51. The first-order valence-electron chi connectivity index (χ1n) is 13.2. The second-order valence-corrected chi connectivity index (χ2v) is 11.1. The van der Waals surface area contributed by atoms with E-state index in [2.05, 4.69) is 21.2 Å². The summed E-state index contributed by atoms with van der Waals surface area (Å²) in [5, 5.41) is 3.21. The number of halogens is 5. The van der Waals surface area contributed by atoms with Gasteiger partial charge in [-0.2, -0.15) is 13.2 Å². The van der Waals surface area contributed by atoms with Crippen molar-refractivity contribution in [3.63, 3.8) is 0 Å². The molecule has 1 aliphatic heterocycles. The van der Waals surface area contributed by atoms with Gasteiger partial charge in [-0.1, -0.05) is 41.9 Å². The first-order chi connectivity index (χ1) is 20.4. The number of nitrogens with zero attached hydrogens (tertiary/aromatic N) is 3. The monoisotopic (exact) mass is 676 g/mol. The summed E-state index contributed by atoms with van der Waals surface area (Å²) in [6, 6.07) is 19.5. The molecule has 2 amide bonds. The fourth-order valence-corrected chi connectivity index (χ4v) is 5.15. The van der Waals surface area contributed by atoms with E-state index in [9.17, 15) is 27.6 Å².